The molecule has 0 radical (unpaired) electrons. The van der Waals surface area contributed by atoms with Crippen molar-refractivity contribution in [3.63, 3.8) is 0 Å². The van der Waals surface area contributed by atoms with Crippen LogP contribution in [0, 0.1) is 0 Å². The van der Waals surface area contributed by atoms with Gasteiger partial charge in [-0.25, -0.2) is 0 Å². The van der Waals surface area contributed by atoms with E-state index < -0.39 is 32.5 Å². The number of carbonyl (C=O) groups excluding carboxylic acids is 2. The highest BCUT2D eigenvalue weighted by molar-refractivity contribution is 7.45. The fourth-order valence-electron chi connectivity index (χ4n) is 7.61. The molecule has 78 heavy (non-hydrogen) atoms. The largest absolute Gasteiger partial charge is 0.756 e. The molecule has 0 saturated heterocycles. The number of phosphoric acid groups is 1. The van der Waals surface area contributed by atoms with Crippen LogP contribution in [0.15, 0.2) is 158 Å². The minimum atomic E-state index is -4.74. The van der Waals surface area contributed by atoms with Gasteiger partial charge in [0.25, 0.3) is 7.82 Å². The van der Waals surface area contributed by atoms with Crippen LogP contribution < -0.4 is 10.2 Å². The predicted octanol–water partition coefficient (Wildman–Crippen LogP) is 18.2. The van der Waals surface area contributed by atoms with Gasteiger partial charge in [-0.3, -0.25) is 14.2 Å². The first-order valence-electron chi connectivity index (χ1n) is 30.3. The second kappa shape index (κ2) is 55.9. The van der Waals surface area contributed by atoms with Gasteiger partial charge in [0, 0.05) is 12.8 Å². The van der Waals surface area contributed by atoms with Crippen molar-refractivity contribution in [1.29, 1.82) is 0 Å². The number of likely N-dealkylation sites (N-methyl/N-ethyl adjacent to an activating group) is 1. The van der Waals surface area contributed by atoms with E-state index in [-0.39, 0.29) is 25.4 Å². The van der Waals surface area contributed by atoms with Gasteiger partial charge in [-0.1, -0.05) is 230 Å². The van der Waals surface area contributed by atoms with Crippen LogP contribution in [0.2, 0.25) is 0 Å². The van der Waals surface area contributed by atoms with E-state index in [0.29, 0.717) is 23.9 Å². The average molecular weight is 1100 g/mol. The highest BCUT2D eigenvalue weighted by Crippen LogP contribution is 2.38. The topological polar surface area (TPSA) is 114 Å². The normalized spacial score (nSPS) is 14.8. The third-order valence-electron chi connectivity index (χ3n) is 12.2. The van der Waals surface area contributed by atoms with Crippen molar-refractivity contribution >= 4 is 19.7 Å². The number of carbonyl (C=O) groups is 2. The van der Waals surface area contributed by atoms with E-state index >= 15 is 0 Å². The number of ether oxygens (including phenoxy) is 1. The minimum absolute atomic E-state index is 0.0517. The van der Waals surface area contributed by atoms with E-state index in [1.54, 1.807) is 6.08 Å². The third-order valence-corrected chi connectivity index (χ3v) is 13.2. The molecule has 0 heterocycles. The van der Waals surface area contributed by atoms with Crippen LogP contribution in [-0.2, 0) is 27.9 Å². The Hall–Kier alpha value is -4.37. The van der Waals surface area contributed by atoms with Gasteiger partial charge in [-0.2, -0.15) is 0 Å². The van der Waals surface area contributed by atoms with Crippen LogP contribution in [0.3, 0.4) is 0 Å². The summed E-state index contributed by atoms with van der Waals surface area (Å²) < 4.78 is 30.2. The molecule has 1 amide bonds. The molecule has 10 heteroatoms. The lowest BCUT2D eigenvalue weighted by atomic mass is 10.1. The standard InChI is InChI=1S/C68H111N2O7P/c1-7-10-13-16-19-22-25-28-30-32-34-35-37-38-40-42-45-48-51-54-57-60-67(71)69-65(64-76-78(73,74)75-63-62-70(4,5)6)66(59-56-53-50-47-44-27-24-21-18-15-12-9-3)77-68(72)61-58-55-52-49-46-43-41-39-36-33-31-29-26-23-20-17-14-11-8-2/h10-11,13-14,19-20,22-23,28-31,34-36,38-40,43,45-46,48,52,55-56,59,65-66H,7-9,12,15-18,21,24-27,32-33,37,41-42,44,47,49-51,53-54,57-58,60-64H2,1-6H3,(H-,69,71,73,74)/b13-10-,14-11-,22-19-,23-20-,30-28-,31-29-,35-34-,39-36-,40-38-,46-43-,48-45-,55-52-,59-56+. The van der Waals surface area contributed by atoms with Crippen molar-refractivity contribution in [2.45, 2.75) is 219 Å². The summed E-state index contributed by atoms with van der Waals surface area (Å²) in [6.45, 7) is 6.49. The van der Waals surface area contributed by atoms with Crippen LogP contribution in [0.25, 0.3) is 0 Å². The molecule has 440 valence electrons. The Labute approximate surface area is 478 Å². The van der Waals surface area contributed by atoms with Crippen molar-refractivity contribution in [2.24, 2.45) is 0 Å². The third kappa shape index (κ3) is 56.4. The zero-order valence-corrected chi connectivity index (χ0v) is 50.9. The lowest BCUT2D eigenvalue weighted by Crippen LogP contribution is -2.47. The fourth-order valence-corrected chi connectivity index (χ4v) is 8.33. The number of hydrogen-bond donors (Lipinski definition) is 1. The molecule has 0 aromatic heterocycles. The van der Waals surface area contributed by atoms with E-state index in [4.69, 9.17) is 13.8 Å². The predicted molar refractivity (Wildman–Crippen MR) is 334 cm³/mol. The summed E-state index contributed by atoms with van der Waals surface area (Å²) in [5.41, 5.74) is 0. The molecular weight excluding hydrogens is 988 g/mol. The van der Waals surface area contributed by atoms with E-state index in [1.807, 2.05) is 39.4 Å². The molecule has 9 nitrogen and oxygen atoms in total. The number of phosphoric ester groups is 1. The molecule has 0 bridgehead atoms. The summed E-state index contributed by atoms with van der Waals surface area (Å²) in [7, 11) is 1.09. The Morgan fingerprint density at radius 2 is 0.833 bits per heavy atom. The summed E-state index contributed by atoms with van der Waals surface area (Å²) in [5.74, 6) is -0.705. The zero-order chi connectivity index (χ0) is 57.2. The Morgan fingerprint density at radius 1 is 0.462 bits per heavy atom. The minimum Gasteiger partial charge on any atom is -0.756 e. The molecule has 0 rings (SSSR count). The van der Waals surface area contributed by atoms with Crippen molar-refractivity contribution in [3.8, 4) is 0 Å². The summed E-state index contributed by atoms with van der Waals surface area (Å²) in [5, 5.41) is 2.97. The maximum absolute atomic E-state index is 13.5. The maximum Gasteiger partial charge on any atom is 0.306 e. The summed E-state index contributed by atoms with van der Waals surface area (Å²) in [4.78, 5) is 39.9. The molecular formula is C68H111N2O7P. The van der Waals surface area contributed by atoms with E-state index in [9.17, 15) is 19.0 Å². The van der Waals surface area contributed by atoms with E-state index in [2.05, 4.69) is 160 Å². The van der Waals surface area contributed by atoms with Gasteiger partial charge in [-0.05, 0) is 122 Å². The quantitative estimate of drug-likeness (QED) is 0.0212. The highest BCUT2D eigenvalue weighted by atomic mass is 31.2. The van der Waals surface area contributed by atoms with Crippen molar-refractivity contribution in [2.75, 3.05) is 40.9 Å². The SMILES string of the molecule is CC/C=C\C/C=C\C/C=C\C/C=C\C/C=C\C/C=C\CCCCC(=O)NC(COP(=O)([O-])OCC[N+](C)(C)C)C(/C=C/CCCCCCCCCCCC)OC(=O)CC/C=C\C/C=C\C/C=C\C/C=C\C/C=C\C/C=C\CC. The number of nitrogens with one attached hydrogen (secondary N) is 1. The number of nitrogens with zero attached hydrogens (tertiary/aromatic N) is 1. The lowest BCUT2D eigenvalue weighted by Gasteiger charge is -2.30. The number of amides is 1. The van der Waals surface area contributed by atoms with Crippen molar-refractivity contribution < 1.29 is 37.3 Å². The number of allylic oxidation sites excluding steroid dienone is 25. The molecule has 0 aromatic carbocycles. The number of hydrogen-bond acceptors (Lipinski definition) is 7. The van der Waals surface area contributed by atoms with Gasteiger partial charge in [0.2, 0.25) is 5.91 Å². The Kier molecular flexibility index (Phi) is 52.8. The van der Waals surface area contributed by atoms with Crippen LogP contribution in [0.5, 0.6) is 0 Å². The van der Waals surface area contributed by atoms with Crippen LogP contribution >= 0.6 is 7.82 Å². The maximum atomic E-state index is 13.5. The molecule has 0 saturated carbocycles. The number of quaternary nitrogens is 1. The zero-order valence-electron chi connectivity index (χ0n) is 50.0. The Bertz CT molecular complexity index is 1890. The number of unbranched alkanes of at least 4 members (excludes halogenated alkanes) is 12. The monoisotopic (exact) mass is 1100 g/mol. The molecule has 1 N–H and O–H groups in total. The average Bonchev–Trinajstić information content (AvgIpc) is 3.40. The van der Waals surface area contributed by atoms with Gasteiger partial charge in [0.15, 0.2) is 0 Å². The number of esters is 1. The Balaban J connectivity index is 5.50. The second-order valence-electron chi connectivity index (χ2n) is 20.7. The first kappa shape index (κ1) is 73.6. The smallest absolute Gasteiger partial charge is 0.306 e. The van der Waals surface area contributed by atoms with Crippen LogP contribution in [0.4, 0.5) is 0 Å². The number of rotatable bonds is 52. The Morgan fingerprint density at radius 3 is 1.26 bits per heavy atom. The second-order valence-corrected chi connectivity index (χ2v) is 22.1. The molecule has 0 aliphatic rings. The summed E-state index contributed by atoms with van der Waals surface area (Å²) in [6, 6.07) is -0.955. The molecule has 0 aromatic rings. The van der Waals surface area contributed by atoms with Crippen LogP contribution in [0.1, 0.15) is 207 Å². The lowest BCUT2D eigenvalue weighted by molar-refractivity contribution is -0.870. The van der Waals surface area contributed by atoms with E-state index in [0.717, 1.165) is 109 Å². The molecule has 0 aliphatic heterocycles. The first-order chi connectivity index (χ1) is 37.9. The van der Waals surface area contributed by atoms with Crippen LogP contribution in [-0.4, -0.2) is 69.4 Å². The molecule has 0 fully saturated rings. The molecule has 0 aliphatic carbocycles. The van der Waals surface area contributed by atoms with Crippen molar-refractivity contribution in [3.05, 3.63) is 158 Å². The van der Waals surface area contributed by atoms with Gasteiger partial charge in [0.1, 0.15) is 19.3 Å². The fraction of sp³-hybridized carbons (Fsp3) is 0.588. The van der Waals surface area contributed by atoms with Gasteiger partial charge >= 0.3 is 5.97 Å². The first-order valence-corrected chi connectivity index (χ1v) is 31.8. The van der Waals surface area contributed by atoms with Crippen molar-refractivity contribution in [1.82, 2.24) is 5.32 Å². The van der Waals surface area contributed by atoms with Gasteiger partial charge in [-0.15, -0.1) is 0 Å². The molecule has 0 spiro atoms. The molecule has 3 unspecified atom stereocenters. The summed E-state index contributed by atoms with van der Waals surface area (Å²) in [6.07, 6.45) is 82.3. The van der Waals surface area contributed by atoms with E-state index in [1.165, 1.54) is 51.4 Å². The van der Waals surface area contributed by atoms with Gasteiger partial charge in [0.05, 0.1) is 33.8 Å². The van der Waals surface area contributed by atoms with Gasteiger partial charge < -0.3 is 28.5 Å². The summed E-state index contributed by atoms with van der Waals surface area (Å²) >= 11 is 0. The molecule has 3 atom stereocenters. The highest BCUT2D eigenvalue weighted by Gasteiger charge is 2.27.